The summed E-state index contributed by atoms with van der Waals surface area (Å²) in [5.41, 5.74) is 4.63. The van der Waals surface area contributed by atoms with E-state index in [9.17, 15) is 0 Å². The first-order valence-electron chi connectivity index (χ1n) is 8.28. The standard InChI is InChI=1S/C18H20N6O/c1-11(2)9-23-12(3)22-17-15(23)7-13(8-19-17)14-5-6-24-16(14)18(25-4)20-10-21-24/h5-8,10-11H,9H2,1-4H3. The molecule has 0 unspecified atom stereocenters. The molecule has 0 aliphatic heterocycles. The van der Waals surface area contributed by atoms with Crippen molar-refractivity contribution in [3.8, 4) is 17.0 Å². The van der Waals surface area contributed by atoms with Gasteiger partial charge in [-0.05, 0) is 25.0 Å². The highest BCUT2D eigenvalue weighted by atomic mass is 16.5. The summed E-state index contributed by atoms with van der Waals surface area (Å²) in [7, 11) is 1.61. The highest BCUT2D eigenvalue weighted by molar-refractivity contribution is 5.87. The van der Waals surface area contributed by atoms with Crippen molar-refractivity contribution in [1.82, 2.24) is 29.1 Å². The summed E-state index contributed by atoms with van der Waals surface area (Å²) in [5, 5.41) is 4.25. The number of aryl methyl sites for hydroxylation is 1. The first kappa shape index (κ1) is 15.6. The summed E-state index contributed by atoms with van der Waals surface area (Å²) in [6.45, 7) is 7.34. The molecule has 7 nitrogen and oxygen atoms in total. The normalized spacial score (nSPS) is 11.7. The van der Waals surface area contributed by atoms with E-state index in [1.807, 2.05) is 25.4 Å². The van der Waals surface area contributed by atoms with Gasteiger partial charge in [-0.1, -0.05) is 13.8 Å². The van der Waals surface area contributed by atoms with Crippen LogP contribution in [0, 0.1) is 12.8 Å². The van der Waals surface area contributed by atoms with E-state index >= 15 is 0 Å². The van der Waals surface area contributed by atoms with E-state index in [-0.39, 0.29) is 0 Å². The van der Waals surface area contributed by atoms with Crippen molar-refractivity contribution >= 4 is 16.7 Å². The number of hydrogen-bond acceptors (Lipinski definition) is 5. The number of nitrogens with zero attached hydrogens (tertiary/aromatic N) is 6. The first-order valence-corrected chi connectivity index (χ1v) is 8.28. The minimum absolute atomic E-state index is 0.531. The zero-order valence-electron chi connectivity index (χ0n) is 14.8. The van der Waals surface area contributed by atoms with E-state index in [1.165, 1.54) is 6.33 Å². The second-order valence-electron chi connectivity index (χ2n) is 6.52. The maximum atomic E-state index is 5.41. The van der Waals surface area contributed by atoms with Crippen LogP contribution in [0.1, 0.15) is 19.7 Å². The lowest BCUT2D eigenvalue weighted by Crippen LogP contribution is -2.06. The highest BCUT2D eigenvalue weighted by Crippen LogP contribution is 2.31. The number of pyridine rings is 1. The molecule has 7 heteroatoms. The van der Waals surface area contributed by atoms with Crippen molar-refractivity contribution in [3.63, 3.8) is 0 Å². The van der Waals surface area contributed by atoms with Crippen LogP contribution < -0.4 is 4.74 Å². The zero-order chi connectivity index (χ0) is 17.6. The summed E-state index contributed by atoms with van der Waals surface area (Å²) in [5.74, 6) is 2.06. The molecule has 0 spiro atoms. The van der Waals surface area contributed by atoms with Gasteiger partial charge in [0.1, 0.15) is 17.7 Å². The van der Waals surface area contributed by atoms with Crippen molar-refractivity contribution in [3.05, 3.63) is 36.7 Å². The van der Waals surface area contributed by atoms with E-state index < -0.39 is 0 Å². The second kappa shape index (κ2) is 5.84. The number of methoxy groups -OCH3 is 1. The molecule has 0 aliphatic rings. The summed E-state index contributed by atoms with van der Waals surface area (Å²) in [4.78, 5) is 13.4. The van der Waals surface area contributed by atoms with Gasteiger partial charge in [-0.3, -0.25) is 0 Å². The second-order valence-corrected chi connectivity index (χ2v) is 6.52. The van der Waals surface area contributed by atoms with Gasteiger partial charge >= 0.3 is 0 Å². The zero-order valence-corrected chi connectivity index (χ0v) is 14.8. The smallest absolute Gasteiger partial charge is 0.241 e. The molecule has 4 rings (SSSR count). The number of rotatable bonds is 4. The molecule has 0 aliphatic carbocycles. The molecule has 0 saturated heterocycles. The average Bonchev–Trinajstić information content (AvgIpc) is 3.16. The number of ether oxygens (including phenoxy) is 1. The van der Waals surface area contributed by atoms with Gasteiger partial charge in [-0.15, -0.1) is 0 Å². The molecule has 0 bridgehead atoms. The number of imidazole rings is 1. The Labute approximate surface area is 145 Å². The Morgan fingerprint density at radius 1 is 1.24 bits per heavy atom. The Hall–Kier alpha value is -2.96. The van der Waals surface area contributed by atoms with Gasteiger partial charge in [0.15, 0.2) is 5.65 Å². The van der Waals surface area contributed by atoms with Crippen molar-refractivity contribution in [2.75, 3.05) is 7.11 Å². The van der Waals surface area contributed by atoms with E-state index in [1.54, 1.807) is 11.6 Å². The van der Waals surface area contributed by atoms with Crippen LogP contribution in [-0.2, 0) is 6.54 Å². The third-order valence-corrected chi connectivity index (χ3v) is 4.27. The molecule has 4 heterocycles. The fourth-order valence-electron chi connectivity index (χ4n) is 3.17. The predicted molar refractivity (Wildman–Crippen MR) is 95.6 cm³/mol. The molecule has 4 aromatic heterocycles. The molecule has 25 heavy (non-hydrogen) atoms. The van der Waals surface area contributed by atoms with E-state index in [2.05, 4.69) is 44.5 Å². The maximum Gasteiger partial charge on any atom is 0.241 e. The Morgan fingerprint density at radius 3 is 2.84 bits per heavy atom. The molecule has 0 atom stereocenters. The van der Waals surface area contributed by atoms with Crippen molar-refractivity contribution in [2.24, 2.45) is 5.92 Å². The Morgan fingerprint density at radius 2 is 2.08 bits per heavy atom. The Kier molecular flexibility index (Phi) is 3.63. The van der Waals surface area contributed by atoms with E-state index in [0.717, 1.165) is 40.2 Å². The average molecular weight is 336 g/mol. The lowest BCUT2D eigenvalue weighted by atomic mass is 10.1. The molecule has 0 N–H and O–H groups in total. The van der Waals surface area contributed by atoms with Crippen LogP contribution in [-0.4, -0.2) is 36.2 Å². The van der Waals surface area contributed by atoms with Gasteiger partial charge in [-0.25, -0.2) is 14.5 Å². The topological polar surface area (TPSA) is 70.1 Å². The van der Waals surface area contributed by atoms with E-state index in [0.29, 0.717) is 11.8 Å². The quantitative estimate of drug-likeness (QED) is 0.573. The van der Waals surface area contributed by atoms with Gasteiger partial charge in [0.25, 0.3) is 0 Å². The Bertz CT molecular complexity index is 1060. The van der Waals surface area contributed by atoms with Crippen molar-refractivity contribution in [1.29, 1.82) is 0 Å². The van der Waals surface area contributed by atoms with Gasteiger partial charge < -0.3 is 9.30 Å². The van der Waals surface area contributed by atoms with Crippen LogP contribution in [0.4, 0.5) is 0 Å². The summed E-state index contributed by atoms with van der Waals surface area (Å²) >= 11 is 0. The van der Waals surface area contributed by atoms with E-state index in [4.69, 9.17) is 4.74 Å². The summed E-state index contributed by atoms with van der Waals surface area (Å²) in [6.07, 6.45) is 5.23. The first-order chi connectivity index (χ1) is 12.1. The lowest BCUT2D eigenvalue weighted by Gasteiger charge is -2.10. The van der Waals surface area contributed by atoms with Crippen LogP contribution in [0.3, 0.4) is 0 Å². The summed E-state index contributed by atoms with van der Waals surface area (Å²) in [6, 6.07) is 4.14. The summed E-state index contributed by atoms with van der Waals surface area (Å²) < 4.78 is 9.40. The number of aromatic nitrogens is 6. The Balaban J connectivity index is 1.93. The minimum atomic E-state index is 0.531. The van der Waals surface area contributed by atoms with Crippen LogP contribution in [0.25, 0.3) is 27.8 Å². The monoisotopic (exact) mass is 336 g/mol. The molecular formula is C18H20N6O. The minimum Gasteiger partial charge on any atom is -0.479 e. The fraction of sp³-hybridized carbons (Fsp3) is 0.333. The molecule has 0 fully saturated rings. The van der Waals surface area contributed by atoms with Gasteiger partial charge in [0, 0.05) is 30.1 Å². The number of fused-ring (bicyclic) bond motifs is 2. The SMILES string of the molecule is COc1ncnn2ccc(-c3cnc4nc(C)n(CC(C)C)c4c3)c12. The molecule has 0 saturated carbocycles. The molecule has 0 aromatic carbocycles. The van der Waals surface area contributed by atoms with Crippen LogP contribution in [0.5, 0.6) is 5.88 Å². The molecule has 128 valence electrons. The van der Waals surface area contributed by atoms with Crippen LogP contribution in [0.15, 0.2) is 30.9 Å². The number of hydrogen-bond donors (Lipinski definition) is 0. The molecule has 4 aromatic rings. The van der Waals surface area contributed by atoms with Gasteiger partial charge in [0.05, 0.1) is 12.6 Å². The van der Waals surface area contributed by atoms with Crippen LogP contribution >= 0.6 is 0 Å². The predicted octanol–water partition coefficient (Wildman–Crippen LogP) is 3.11. The van der Waals surface area contributed by atoms with Gasteiger partial charge in [-0.2, -0.15) is 10.1 Å². The lowest BCUT2D eigenvalue weighted by molar-refractivity contribution is 0.399. The third kappa shape index (κ3) is 2.52. The fourth-order valence-corrected chi connectivity index (χ4v) is 3.17. The van der Waals surface area contributed by atoms with Crippen LogP contribution in [0.2, 0.25) is 0 Å². The van der Waals surface area contributed by atoms with Gasteiger partial charge in [0.2, 0.25) is 5.88 Å². The van der Waals surface area contributed by atoms with Crippen molar-refractivity contribution < 1.29 is 4.74 Å². The molecular weight excluding hydrogens is 316 g/mol. The third-order valence-electron chi connectivity index (χ3n) is 4.27. The molecule has 0 radical (unpaired) electrons. The largest absolute Gasteiger partial charge is 0.479 e. The van der Waals surface area contributed by atoms with Crippen molar-refractivity contribution in [2.45, 2.75) is 27.3 Å². The maximum absolute atomic E-state index is 5.41. The molecule has 0 amide bonds. The highest BCUT2D eigenvalue weighted by Gasteiger charge is 2.15.